The third kappa shape index (κ3) is 13.5. The molecule has 0 aliphatic rings. The smallest absolute Gasteiger partial charge is 0.143 e. The number of ether oxygens (including phenoxy) is 2. The monoisotopic (exact) mass is 609 g/mol. The molecule has 3 heteroatoms. The summed E-state index contributed by atoms with van der Waals surface area (Å²) in [4.78, 5) is 2.20. The second-order valence-corrected chi connectivity index (χ2v) is 12.4. The van der Waals surface area contributed by atoms with Gasteiger partial charge in [0.25, 0.3) is 0 Å². The maximum absolute atomic E-state index is 7.07. The van der Waals surface area contributed by atoms with Crippen molar-refractivity contribution < 1.29 is 9.47 Å². The molecule has 3 aromatic rings. The lowest BCUT2D eigenvalue weighted by atomic mass is 9.80. The molecule has 1 atom stereocenters. The standard InChI is InChI=1S/C42H59NO2/c1-4-5-6-7-8-9-10-11-12-13-14-15-16-17-18-28-35-44-41(36-43(2)3)37-45-42(38-29-22-19-23-30-38,39-31-24-20-25-32-39)40-33-26-21-27-34-40/h8-9,11-12,19-27,29-34,41H,4-7,10,13-18,28,35-37H2,1-3H3/b9-8-,12-11-. The number of nitrogens with zero attached hydrogens (tertiary/aromatic N) is 1. The summed E-state index contributed by atoms with van der Waals surface area (Å²) in [5.41, 5.74) is 2.64. The minimum absolute atomic E-state index is 0.0199. The molecule has 0 spiro atoms. The van der Waals surface area contributed by atoms with E-state index in [0.717, 1.165) is 42.7 Å². The summed E-state index contributed by atoms with van der Waals surface area (Å²) in [5, 5.41) is 0. The van der Waals surface area contributed by atoms with Gasteiger partial charge >= 0.3 is 0 Å². The van der Waals surface area contributed by atoms with E-state index < -0.39 is 5.60 Å². The normalized spacial score (nSPS) is 12.9. The Morgan fingerprint density at radius 2 is 1.07 bits per heavy atom. The Balaban J connectivity index is 1.46. The average Bonchev–Trinajstić information content (AvgIpc) is 3.07. The quantitative estimate of drug-likeness (QED) is 0.0573. The summed E-state index contributed by atoms with van der Waals surface area (Å²) in [6.45, 7) is 4.34. The summed E-state index contributed by atoms with van der Waals surface area (Å²) < 4.78 is 13.6. The molecule has 0 bridgehead atoms. The Morgan fingerprint density at radius 1 is 0.600 bits per heavy atom. The fraction of sp³-hybridized carbons (Fsp3) is 0.476. The molecule has 244 valence electrons. The summed E-state index contributed by atoms with van der Waals surface area (Å²) in [6, 6.07) is 31.8. The van der Waals surface area contributed by atoms with Crippen molar-refractivity contribution in [1.29, 1.82) is 0 Å². The van der Waals surface area contributed by atoms with E-state index in [1.54, 1.807) is 0 Å². The van der Waals surface area contributed by atoms with E-state index in [9.17, 15) is 0 Å². The Labute approximate surface area is 275 Å². The Hall–Kier alpha value is -2.98. The van der Waals surface area contributed by atoms with Crippen molar-refractivity contribution in [3.63, 3.8) is 0 Å². The number of hydrogen-bond donors (Lipinski definition) is 0. The highest BCUT2D eigenvalue weighted by atomic mass is 16.5. The predicted molar refractivity (Wildman–Crippen MR) is 193 cm³/mol. The van der Waals surface area contributed by atoms with Crippen LogP contribution in [0.1, 0.15) is 101 Å². The molecule has 0 amide bonds. The first-order chi connectivity index (χ1) is 22.2. The molecular weight excluding hydrogens is 550 g/mol. The second kappa shape index (κ2) is 22.5. The maximum Gasteiger partial charge on any atom is 0.143 e. The van der Waals surface area contributed by atoms with E-state index in [1.807, 2.05) is 0 Å². The van der Waals surface area contributed by atoms with E-state index in [1.165, 1.54) is 64.2 Å². The molecular formula is C42H59NO2. The first kappa shape index (κ1) is 36.5. The van der Waals surface area contributed by atoms with Gasteiger partial charge in [-0.25, -0.2) is 0 Å². The van der Waals surface area contributed by atoms with E-state index in [-0.39, 0.29) is 6.10 Å². The average molecular weight is 610 g/mol. The van der Waals surface area contributed by atoms with Crippen LogP contribution >= 0.6 is 0 Å². The van der Waals surface area contributed by atoms with Crippen molar-refractivity contribution in [3.8, 4) is 0 Å². The predicted octanol–water partition coefficient (Wildman–Crippen LogP) is 10.8. The first-order valence-electron chi connectivity index (χ1n) is 17.5. The number of benzene rings is 3. The van der Waals surface area contributed by atoms with E-state index in [2.05, 4.69) is 141 Å². The van der Waals surface area contributed by atoms with Crippen LogP contribution in [0.5, 0.6) is 0 Å². The van der Waals surface area contributed by atoms with Crippen LogP contribution in [0.2, 0.25) is 0 Å². The van der Waals surface area contributed by atoms with Crippen LogP contribution in [0.25, 0.3) is 0 Å². The number of allylic oxidation sites excluding steroid dienone is 4. The Kier molecular flexibility index (Phi) is 18.3. The van der Waals surface area contributed by atoms with Crippen LogP contribution < -0.4 is 0 Å². The molecule has 0 N–H and O–H groups in total. The Morgan fingerprint density at radius 3 is 1.56 bits per heavy atom. The molecule has 3 nitrogen and oxygen atoms in total. The molecule has 0 aliphatic carbocycles. The fourth-order valence-corrected chi connectivity index (χ4v) is 5.89. The van der Waals surface area contributed by atoms with Gasteiger partial charge in [0.2, 0.25) is 0 Å². The van der Waals surface area contributed by atoms with Gasteiger partial charge in [-0.1, -0.05) is 161 Å². The van der Waals surface area contributed by atoms with Crippen molar-refractivity contribution in [3.05, 3.63) is 132 Å². The van der Waals surface area contributed by atoms with Gasteiger partial charge in [0, 0.05) is 13.2 Å². The van der Waals surface area contributed by atoms with E-state index in [0.29, 0.717) is 6.61 Å². The molecule has 0 radical (unpaired) electrons. The number of hydrogen-bond acceptors (Lipinski definition) is 3. The number of likely N-dealkylation sites (N-methyl/N-ethyl adjacent to an activating group) is 1. The van der Waals surface area contributed by atoms with Crippen LogP contribution in [0.15, 0.2) is 115 Å². The lowest BCUT2D eigenvalue weighted by Gasteiger charge is -2.37. The highest BCUT2D eigenvalue weighted by Gasteiger charge is 2.38. The highest BCUT2D eigenvalue weighted by Crippen LogP contribution is 2.40. The van der Waals surface area contributed by atoms with Gasteiger partial charge in [-0.3, -0.25) is 0 Å². The summed E-state index contributed by atoms with van der Waals surface area (Å²) in [6.07, 6.45) is 24.3. The van der Waals surface area contributed by atoms with Gasteiger partial charge in [0.1, 0.15) is 5.60 Å². The zero-order valence-electron chi connectivity index (χ0n) is 28.4. The molecule has 3 rings (SSSR count). The molecule has 45 heavy (non-hydrogen) atoms. The van der Waals surface area contributed by atoms with Gasteiger partial charge in [0.15, 0.2) is 0 Å². The topological polar surface area (TPSA) is 21.7 Å². The van der Waals surface area contributed by atoms with Gasteiger partial charge in [-0.2, -0.15) is 0 Å². The number of unbranched alkanes of at least 4 members (excludes halogenated alkanes) is 9. The van der Waals surface area contributed by atoms with Crippen LogP contribution in [-0.4, -0.2) is 44.9 Å². The summed E-state index contributed by atoms with van der Waals surface area (Å²) in [7, 11) is 4.21. The van der Waals surface area contributed by atoms with Crippen molar-refractivity contribution in [2.75, 3.05) is 33.9 Å². The zero-order valence-corrected chi connectivity index (χ0v) is 28.4. The fourth-order valence-electron chi connectivity index (χ4n) is 5.89. The molecule has 0 heterocycles. The molecule has 0 saturated heterocycles. The summed E-state index contributed by atoms with van der Waals surface area (Å²) in [5.74, 6) is 0. The lowest BCUT2D eigenvalue weighted by Crippen LogP contribution is -2.39. The third-order valence-electron chi connectivity index (χ3n) is 8.29. The molecule has 1 unspecified atom stereocenters. The zero-order chi connectivity index (χ0) is 31.8. The first-order valence-corrected chi connectivity index (χ1v) is 17.5. The van der Waals surface area contributed by atoms with Crippen molar-refractivity contribution >= 4 is 0 Å². The summed E-state index contributed by atoms with van der Waals surface area (Å²) >= 11 is 0. The van der Waals surface area contributed by atoms with E-state index >= 15 is 0 Å². The third-order valence-corrected chi connectivity index (χ3v) is 8.29. The lowest BCUT2D eigenvalue weighted by molar-refractivity contribution is -0.0715. The molecule has 0 fully saturated rings. The van der Waals surface area contributed by atoms with Crippen LogP contribution in [0.3, 0.4) is 0 Å². The highest BCUT2D eigenvalue weighted by molar-refractivity contribution is 5.47. The van der Waals surface area contributed by atoms with Crippen LogP contribution in [-0.2, 0) is 15.1 Å². The van der Waals surface area contributed by atoms with Crippen molar-refractivity contribution in [1.82, 2.24) is 4.90 Å². The largest absolute Gasteiger partial charge is 0.374 e. The van der Waals surface area contributed by atoms with Crippen LogP contribution in [0.4, 0.5) is 0 Å². The molecule has 0 aromatic heterocycles. The van der Waals surface area contributed by atoms with Gasteiger partial charge in [-0.05, 0) is 69.3 Å². The van der Waals surface area contributed by atoms with Crippen molar-refractivity contribution in [2.45, 2.75) is 95.7 Å². The molecule has 0 saturated carbocycles. The maximum atomic E-state index is 7.07. The van der Waals surface area contributed by atoms with Gasteiger partial charge < -0.3 is 14.4 Å². The SMILES string of the molecule is CCCCC/C=C\C/C=C\CCCCCCCCOC(COC(c1ccccc1)(c1ccccc1)c1ccccc1)CN(C)C. The van der Waals surface area contributed by atoms with Gasteiger partial charge in [-0.15, -0.1) is 0 Å². The Bertz CT molecular complexity index is 1080. The van der Waals surface area contributed by atoms with Crippen LogP contribution in [0, 0.1) is 0 Å². The van der Waals surface area contributed by atoms with Gasteiger partial charge in [0.05, 0.1) is 12.7 Å². The number of rotatable bonds is 24. The minimum atomic E-state index is -0.724. The minimum Gasteiger partial charge on any atom is -0.374 e. The van der Waals surface area contributed by atoms with E-state index in [4.69, 9.17) is 9.47 Å². The second-order valence-electron chi connectivity index (χ2n) is 12.4. The van der Waals surface area contributed by atoms with Crippen molar-refractivity contribution in [2.24, 2.45) is 0 Å². The molecule has 0 aliphatic heterocycles. The molecule has 3 aromatic carbocycles.